The molecular weight excluding hydrogens is 420 g/mol. The van der Waals surface area contributed by atoms with Crippen molar-refractivity contribution in [1.29, 1.82) is 0 Å². The Balaban J connectivity index is 1.47. The minimum atomic E-state index is -1.03. The average molecular weight is 445 g/mol. The van der Waals surface area contributed by atoms with Crippen molar-refractivity contribution in [2.45, 2.75) is 32.8 Å². The highest BCUT2D eigenvalue weighted by molar-refractivity contribution is 7.18. The molecule has 4 rings (SSSR count). The number of nitrogens with zero attached hydrogens (tertiary/aromatic N) is 1. The Morgan fingerprint density at radius 2 is 1.75 bits per heavy atom. The zero-order valence-corrected chi connectivity index (χ0v) is 18.8. The number of hydrogen-bond acceptors (Lipinski definition) is 5. The number of thiazole rings is 1. The summed E-state index contributed by atoms with van der Waals surface area (Å²) in [6.07, 6.45) is -0.406. The number of carbonyl (C=O) groups is 2. The highest BCUT2D eigenvalue weighted by atomic mass is 32.1. The number of aromatic nitrogens is 1. The molecule has 0 saturated carbocycles. The molecule has 0 spiro atoms. The summed E-state index contributed by atoms with van der Waals surface area (Å²) in [5, 5.41) is 3.79. The van der Waals surface area contributed by atoms with E-state index in [4.69, 9.17) is 4.74 Å². The molecule has 4 aromatic rings. The first-order valence-electron chi connectivity index (χ1n) is 10.5. The maximum Gasteiger partial charge on any atom is 0.307 e. The van der Waals surface area contributed by atoms with E-state index in [1.807, 2.05) is 74.5 Å². The number of anilines is 1. The number of ether oxygens (including phenoxy) is 1. The Hall–Kier alpha value is -3.51. The molecular formula is C26H24N2O3S. The van der Waals surface area contributed by atoms with Gasteiger partial charge >= 0.3 is 5.97 Å². The lowest BCUT2D eigenvalue weighted by Crippen LogP contribution is -2.26. The van der Waals surface area contributed by atoms with Crippen LogP contribution in [0.1, 0.15) is 34.2 Å². The Bertz CT molecular complexity index is 1220. The van der Waals surface area contributed by atoms with Gasteiger partial charge in [-0.1, -0.05) is 54.6 Å². The molecule has 1 N–H and O–H groups in total. The Morgan fingerprint density at radius 1 is 1.00 bits per heavy atom. The van der Waals surface area contributed by atoms with Crippen molar-refractivity contribution < 1.29 is 14.3 Å². The second kappa shape index (κ2) is 9.75. The summed E-state index contributed by atoms with van der Waals surface area (Å²) in [6, 6.07) is 22.8. The fourth-order valence-electron chi connectivity index (χ4n) is 3.40. The third kappa shape index (κ3) is 5.21. The quantitative estimate of drug-likeness (QED) is 0.368. The lowest BCUT2D eigenvalue weighted by atomic mass is 10.1. The van der Waals surface area contributed by atoms with Gasteiger partial charge in [0, 0.05) is 17.7 Å². The molecule has 32 heavy (non-hydrogen) atoms. The zero-order valence-electron chi connectivity index (χ0n) is 18.0. The zero-order chi connectivity index (χ0) is 22.5. The van der Waals surface area contributed by atoms with Crippen LogP contribution in [0, 0.1) is 13.8 Å². The molecule has 0 aliphatic carbocycles. The minimum absolute atomic E-state index is 0.153. The molecule has 6 heteroatoms. The molecule has 0 aliphatic heterocycles. The summed E-state index contributed by atoms with van der Waals surface area (Å²) in [5.41, 5.74) is 4.24. The maximum absolute atomic E-state index is 13.1. The van der Waals surface area contributed by atoms with Crippen LogP contribution < -0.4 is 5.32 Å². The van der Waals surface area contributed by atoms with Crippen molar-refractivity contribution in [2.75, 3.05) is 5.32 Å². The molecule has 162 valence electrons. The molecule has 0 aliphatic rings. The number of nitrogens with one attached hydrogen (secondary N) is 1. The molecule has 1 atom stereocenters. The topological polar surface area (TPSA) is 68.3 Å². The maximum atomic E-state index is 13.1. The van der Waals surface area contributed by atoms with Crippen molar-refractivity contribution in [2.24, 2.45) is 0 Å². The largest absolute Gasteiger partial charge is 0.447 e. The predicted octanol–water partition coefficient (Wildman–Crippen LogP) is 5.77. The van der Waals surface area contributed by atoms with Gasteiger partial charge in [-0.15, -0.1) is 11.3 Å². The smallest absolute Gasteiger partial charge is 0.307 e. The van der Waals surface area contributed by atoms with E-state index in [2.05, 4.69) is 10.3 Å². The molecule has 1 aromatic heterocycles. The van der Waals surface area contributed by atoms with Crippen LogP contribution in [0.15, 0.2) is 72.8 Å². The van der Waals surface area contributed by atoms with Crippen LogP contribution in [-0.4, -0.2) is 16.9 Å². The minimum Gasteiger partial charge on any atom is -0.447 e. The number of rotatable bonds is 7. The first-order valence-corrected chi connectivity index (χ1v) is 11.3. The number of esters is 1. The van der Waals surface area contributed by atoms with E-state index in [1.165, 1.54) is 0 Å². The standard InChI is InChI=1S/C26H24N2O3S/c1-17-12-13-18(2)21(16-17)28-26(30)25(19-8-4-3-5-9-19)31-24(29)15-14-23-27-20-10-6-7-11-22(20)32-23/h3-13,16,25H,14-15H2,1-2H3,(H,28,30)/t25-/m0/s1. The van der Waals surface area contributed by atoms with Gasteiger partial charge in [0.15, 0.2) is 0 Å². The van der Waals surface area contributed by atoms with Crippen molar-refractivity contribution in [3.63, 3.8) is 0 Å². The third-order valence-corrected chi connectivity index (χ3v) is 6.22. The van der Waals surface area contributed by atoms with E-state index < -0.39 is 12.1 Å². The first-order chi connectivity index (χ1) is 15.5. The normalized spacial score (nSPS) is 11.8. The molecule has 1 heterocycles. The second-order valence-electron chi connectivity index (χ2n) is 7.66. The predicted molar refractivity (Wildman–Crippen MR) is 128 cm³/mol. The van der Waals surface area contributed by atoms with Crippen molar-refractivity contribution in [3.8, 4) is 0 Å². The van der Waals surface area contributed by atoms with Gasteiger partial charge in [-0.2, -0.15) is 0 Å². The molecule has 0 unspecified atom stereocenters. The number of para-hydroxylation sites is 1. The van der Waals surface area contributed by atoms with E-state index in [-0.39, 0.29) is 12.3 Å². The van der Waals surface area contributed by atoms with Gasteiger partial charge in [-0.25, -0.2) is 4.98 Å². The Kier molecular flexibility index (Phi) is 6.61. The van der Waals surface area contributed by atoms with Gasteiger partial charge in [0.25, 0.3) is 5.91 Å². The highest BCUT2D eigenvalue weighted by Crippen LogP contribution is 2.25. The van der Waals surface area contributed by atoms with Gasteiger partial charge in [-0.3, -0.25) is 9.59 Å². The third-order valence-electron chi connectivity index (χ3n) is 5.12. The van der Waals surface area contributed by atoms with E-state index >= 15 is 0 Å². The van der Waals surface area contributed by atoms with Crippen LogP contribution in [0.3, 0.4) is 0 Å². The van der Waals surface area contributed by atoms with Crippen LogP contribution in [0.4, 0.5) is 5.69 Å². The van der Waals surface area contributed by atoms with E-state index in [1.54, 1.807) is 23.5 Å². The summed E-state index contributed by atoms with van der Waals surface area (Å²) < 4.78 is 6.75. The van der Waals surface area contributed by atoms with Gasteiger partial charge in [0.2, 0.25) is 6.10 Å². The molecule has 0 bridgehead atoms. The van der Waals surface area contributed by atoms with Crippen LogP contribution in [-0.2, 0) is 20.7 Å². The lowest BCUT2D eigenvalue weighted by Gasteiger charge is -2.19. The van der Waals surface area contributed by atoms with E-state index in [0.717, 1.165) is 26.4 Å². The highest BCUT2D eigenvalue weighted by Gasteiger charge is 2.25. The molecule has 0 fully saturated rings. The average Bonchev–Trinajstić information content (AvgIpc) is 3.22. The van der Waals surface area contributed by atoms with Gasteiger partial charge < -0.3 is 10.1 Å². The molecule has 0 radical (unpaired) electrons. The van der Waals surface area contributed by atoms with E-state index in [9.17, 15) is 9.59 Å². The summed E-state index contributed by atoms with van der Waals surface area (Å²) >= 11 is 1.57. The van der Waals surface area contributed by atoms with Crippen LogP contribution in [0.5, 0.6) is 0 Å². The number of aryl methyl sites for hydroxylation is 3. The number of amides is 1. The lowest BCUT2D eigenvalue weighted by molar-refractivity contribution is -0.154. The number of hydrogen-bond donors (Lipinski definition) is 1. The van der Waals surface area contributed by atoms with Gasteiger partial charge in [0.1, 0.15) is 0 Å². The monoisotopic (exact) mass is 444 g/mol. The number of fused-ring (bicyclic) bond motifs is 1. The second-order valence-corrected chi connectivity index (χ2v) is 8.78. The van der Waals surface area contributed by atoms with Crippen molar-refractivity contribution in [1.82, 2.24) is 4.98 Å². The van der Waals surface area contributed by atoms with Gasteiger partial charge in [0.05, 0.1) is 21.6 Å². The van der Waals surface area contributed by atoms with Gasteiger partial charge in [-0.05, 0) is 43.2 Å². The number of carbonyl (C=O) groups excluding carboxylic acids is 2. The number of benzene rings is 3. The summed E-state index contributed by atoms with van der Waals surface area (Å²) in [5.74, 6) is -0.813. The molecule has 1 amide bonds. The SMILES string of the molecule is Cc1ccc(C)c(NC(=O)[C@@H](OC(=O)CCc2nc3ccccc3s2)c2ccccc2)c1. The van der Waals surface area contributed by atoms with Crippen molar-refractivity contribution >= 4 is 39.1 Å². The summed E-state index contributed by atoms with van der Waals surface area (Å²) in [7, 11) is 0. The van der Waals surface area contributed by atoms with Crippen LogP contribution in [0.2, 0.25) is 0 Å². The molecule has 5 nitrogen and oxygen atoms in total. The Morgan fingerprint density at radius 3 is 2.53 bits per heavy atom. The fraction of sp³-hybridized carbons (Fsp3) is 0.192. The summed E-state index contributed by atoms with van der Waals surface area (Å²) in [6.45, 7) is 3.89. The molecule has 0 saturated heterocycles. The van der Waals surface area contributed by atoms with Crippen LogP contribution in [0.25, 0.3) is 10.2 Å². The first kappa shape index (κ1) is 21.7. The summed E-state index contributed by atoms with van der Waals surface area (Å²) in [4.78, 5) is 30.3. The molecule has 3 aromatic carbocycles. The fourth-order valence-corrected chi connectivity index (χ4v) is 4.36. The van der Waals surface area contributed by atoms with Crippen LogP contribution >= 0.6 is 11.3 Å². The van der Waals surface area contributed by atoms with E-state index in [0.29, 0.717) is 17.7 Å². The van der Waals surface area contributed by atoms with Crippen molar-refractivity contribution in [3.05, 3.63) is 94.5 Å². The Labute approximate surface area is 191 Å².